The smallest absolute Gasteiger partial charge is 0.248 e. The Morgan fingerprint density at radius 1 is 1.50 bits per heavy atom. The van der Waals surface area contributed by atoms with Gasteiger partial charge in [0.2, 0.25) is 5.91 Å². The van der Waals surface area contributed by atoms with Gasteiger partial charge in [-0.3, -0.25) is 9.63 Å². The second-order valence-corrected chi connectivity index (χ2v) is 4.12. The van der Waals surface area contributed by atoms with Gasteiger partial charge in [-0.1, -0.05) is 0 Å². The highest BCUT2D eigenvalue weighted by Crippen LogP contribution is 2.63. The average molecular weight is 169 g/mol. The van der Waals surface area contributed by atoms with Crippen LogP contribution in [0.25, 0.3) is 0 Å². The van der Waals surface area contributed by atoms with Crippen LogP contribution in [0.4, 0.5) is 0 Å². The molecule has 0 aromatic heterocycles. The number of carbonyl (C=O) groups excluding carboxylic acids is 1. The van der Waals surface area contributed by atoms with Gasteiger partial charge in [0.15, 0.2) is 0 Å². The predicted molar refractivity (Wildman–Crippen MR) is 44.2 cm³/mol. The first-order valence-electron chi connectivity index (χ1n) is 4.49. The third kappa shape index (κ3) is 1.12. The fourth-order valence-electron chi connectivity index (χ4n) is 2.09. The molecule has 3 heteroatoms. The molecule has 0 atom stereocenters. The number of nitrogens with zero attached hydrogens (tertiary/aromatic N) is 1. The Bertz CT molecular complexity index is 203. The van der Waals surface area contributed by atoms with Crippen molar-refractivity contribution in [2.75, 3.05) is 14.2 Å². The molecule has 0 saturated heterocycles. The first kappa shape index (κ1) is 8.05. The van der Waals surface area contributed by atoms with Crippen molar-refractivity contribution in [3.05, 3.63) is 0 Å². The minimum Gasteiger partial charge on any atom is -0.275 e. The van der Waals surface area contributed by atoms with Crippen LogP contribution >= 0.6 is 0 Å². The van der Waals surface area contributed by atoms with E-state index in [9.17, 15) is 4.79 Å². The van der Waals surface area contributed by atoms with E-state index in [1.807, 2.05) is 0 Å². The van der Waals surface area contributed by atoms with Gasteiger partial charge in [0.05, 0.1) is 7.11 Å². The van der Waals surface area contributed by atoms with Crippen LogP contribution in [0.5, 0.6) is 0 Å². The molecule has 12 heavy (non-hydrogen) atoms. The van der Waals surface area contributed by atoms with Gasteiger partial charge in [-0.2, -0.15) is 0 Å². The lowest BCUT2D eigenvalue weighted by molar-refractivity contribution is -0.178. The largest absolute Gasteiger partial charge is 0.275 e. The molecule has 3 nitrogen and oxygen atoms in total. The number of carbonyl (C=O) groups is 1. The Labute approximate surface area is 72.6 Å². The summed E-state index contributed by atoms with van der Waals surface area (Å²) in [5.74, 6) is 0.396. The zero-order chi connectivity index (χ0) is 8.77. The van der Waals surface area contributed by atoms with Crippen molar-refractivity contribution in [2.45, 2.75) is 25.7 Å². The van der Waals surface area contributed by atoms with E-state index in [1.165, 1.54) is 25.0 Å². The highest BCUT2D eigenvalue weighted by Gasteiger charge is 2.55. The van der Waals surface area contributed by atoms with Gasteiger partial charge in [-0.15, -0.1) is 0 Å². The average Bonchev–Trinajstić information content (AvgIpc) is 2.78. The van der Waals surface area contributed by atoms with Crippen LogP contribution in [0.15, 0.2) is 0 Å². The number of rotatable bonds is 2. The quantitative estimate of drug-likeness (QED) is 0.581. The topological polar surface area (TPSA) is 29.5 Å². The number of amides is 1. The molecule has 0 N–H and O–H groups in total. The molecule has 2 rings (SSSR count). The van der Waals surface area contributed by atoms with Gasteiger partial charge in [-0.05, 0) is 31.1 Å². The lowest BCUT2D eigenvalue weighted by Crippen LogP contribution is -2.40. The summed E-state index contributed by atoms with van der Waals surface area (Å²) >= 11 is 0. The van der Waals surface area contributed by atoms with E-state index in [0.29, 0.717) is 5.41 Å². The van der Waals surface area contributed by atoms with E-state index in [0.717, 1.165) is 12.8 Å². The number of hydrogen-bond acceptors (Lipinski definition) is 2. The maximum Gasteiger partial charge on any atom is 0.248 e. The first-order valence-corrected chi connectivity index (χ1v) is 4.49. The van der Waals surface area contributed by atoms with Crippen LogP contribution < -0.4 is 0 Å². The van der Waals surface area contributed by atoms with Gasteiger partial charge >= 0.3 is 0 Å². The molecule has 2 fully saturated rings. The molecule has 2 saturated carbocycles. The lowest BCUT2D eigenvalue weighted by Gasteiger charge is -2.36. The third-order valence-corrected chi connectivity index (χ3v) is 3.25. The number of hydroxylamine groups is 2. The monoisotopic (exact) mass is 169 g/mol. The Balaban J connectivity index is 1.83. The van der Waals surface area contributed by atoms with Crippen molar-refractivity contribution in [3.8, 4) is 0 Å². The minimum atomic E-state index is 0.148. The molecule has 0 bridgehead atoms. The van der Waals surface area contributed by atoms with Crippen molar-refractivity contribution in [2.24, 2.45) is 11.3 Å². The van der Waals surface area contributed by atoms with Gasteiger partial charge in [0.25, 0.3) is 0 Å². The molecule has 0 heterocycles. The third-order valence-electron chi connectivity index (χ3n) is 3.25. The van der Waals surface area contributed by atoms with Crippen LogP contribution in [0.1, 0.15) is 25.7 Å². The fraction of sp³-hybridized carbons (Fsp3) is 0.889. The van der Waals surface area contributed by atoms with E-state index in [1.54, 1.807) is 7.05 Å². The summed E-state index contributed by atoms with van der Waals surface area (Å²) in [4.78, 5) is 16.3. The second kappa shape index (κ2) is 2.46. The molecule has 2 aliphatic carbocycles. The summed E-state index contributed by atoms with van der Waals surface area (Å²) in [6.07, 6.45) is 4.88. The van der Waals surface area contributed by atoms with E-state index in [4.69, 9.17) is 4.84 Å². The second-order valence-electron chi connectivity index (χ2n) is 4.12. The van der Waals surface area contributed by atoms with E-state index in [-0.39, 0.29) is 11.8 Å². The highest BCUT2D eigenvalue weighted by molar-refractivity contribution is 5.78. The molecular formula is C9H15NO2. The van der Waals surface area contributed by atoms with Gasteiger partial charge in [0.1, 0.15) is 0 Å². The molecular weight excluding hydrogens is 154 g/mol. The summed E-state index contributed by atoms with van der Waals surface area (Å²) in [6.45, 7) is 0. The standard InChI is InChI=1S/C9H15NO2/c1-10(12-2)8(11)7-5-9(6-7)3-4-9/h7H,3-6H2,1-2H3. The van der Waals surface area contributed by atoms with Crippen LogP contribution in [0.3, 0.4) is 0 Å². The number of hydrogen-bond donors (Lipinski definition) is 0. The zero-order valence-corrected chi connectivity index (χ0v) is 7.67. The Hall–Kier alpha value is -0.570. The molecule has 1 amide bonds. The Kier molecular flexibility index (Phi) is 1.65. The zero-order valence-electron chi connectivity index (χ0n) is 7.67. The fourth-order valence-corrected chi connectivity index (χ4v) is 2.09. The summed E-state index contributed by atoms with van der Waals surface area (Å²) in [6, 6.07) is 0. The Morgan fingerprint density at radius 2 is 2.08 bits per heavy atom. The molecule has 0 aromatic carbocycles. The van der Waals surface area contributed by atoms with E-state index in [2.05, 4.69) is 0 Å². The molecule has 1 spiro atoms. The molecule has 0 aromatic rings. The lowest BCUT2D eigenvalue weighted by atomic mass is 9.71. The van der Waals surface area contributed by atoms with Crippen molar-refractivity contribution in [3.63, 3.8) is 0 Å². The summed E-state index contributed by atoms with van der Waals surface area (Å²) in [5, 5.41) is 1.35. The Morgan fingerprint density at radius 3 is 2.50 bits per heavy atom. The van der Waals surface area contributed by atoms with E-state index < -0.39 is 0 Å². The minimum absolute atomic E-state index is 0.148. The summed E-state index contributed by atoms with van der Waals surface area (Å²) in [7, 11) is 3.21. The first-order chi connectivity index (χ1) is 5.67. The molecule has 0 unspecified atom stereocenters. The summed E-state index contributed by atoms with van der Waals surface area (Å²) in [5.41, 5.74) is 0.606. The van der Waals surface area contributed by atoms with Crippen LogP contribution in [0.2, 0.25) is 0 Å². The van der Waals surface area contributed by atoms with Gasteiger partial charge in [-0.25, -0.2) is 5.06 Å². The molecule has 0 radical (unpaired) electrons. The summed E-state index contributed by atoms with van der Waals surface area (Å²) < 4.78 is 0. The van der Waals surface area contributed by atoms with Crippen molar-refractivity contribution < 1.29 is 9.63 Å². The van der Waals surface area contributed by atoms with Crippen LogP contribution in [-0.4, -0.2) is 25.1 Å². The maximum absolute atomic E-state index is 11.5. The highest BCUT2D eigenvalue weighted by atomic mass is 16.7. The normalized spacial score (nSPS) is 25.2. The van der Waals surface area contributed by atoms with E-state index >= 15 is 0 Å². The molecule has 0 aliphatic heterocycles. The maximum atomic E-state index is 11.5. The van der Waals surface area contributed by atoms with Crippen LogP contribution in [-0.2, 0) is 9.63 Å². The predicted octanol–water partition coefficient (Wildman–Crippen LogP) is 1.20. The van der Waals surface area contributed by atoms with Crippen molar-refractivity contribution in [1.29, 1.82) is 0 Å². The van der Waals surface area contributed by atoms with Crippen LogP contribution in [0, 0.1) is 11.3 Å². The van der Waals surface area contributed by atoms with Crippen molar-refractivity contribution >= 4 is 5.91 Å². The SMILES string of the molecule is CON(C)C(=O)C1CC2(CC2)C1. The van der Waals surface area contributed by atoms with Gasteiger partial charge in [0, 0.05) is 13.0 Å². The molecule has 2 aliphatic rings. The van der Waals surface area contributed by atoms with Crippen molar-refractivity contribution in [1.82, 2.24) is 5.06 Å². The van der Waals surface area contributed by atoms with Gasteiger partial charge < -0.3 is 0 Å². The molecule has 68 valence electrons.